The Morgan fingerprint density at radius 2 is 1.74 bits per heavy atom. The van der Waals surface area contributed by atoms with E-state index in [2.05, 4.69) is 9.88 Å². The number of nitrogens with zero attached hydrogens (tertiary/aromatic N) is 2. The van der Waals surface area contributed by atoms with E-state index >= 15 is 0 Å². The van der Waals surface area contributed by atoms with E-state index in [9.17, 15) is 5.11 Å². The summed E-state index contributed by atoms with van der Waals surface area (Å²) in [5.41, 5.74) is 2.99. The molecule has 0 unspecified atom stereocenters. The lowest BCUT2D eigenvalue weighted by Gasteiger charge is -2.34. The van der Waals surface area contributed by atoms with Gasteiger partial charge in [0.15, 0.2) is 0 Å². The molecule has 0 amide bonds. The molecular weight excluding hydrogens is 403 g/mol. The molecule has 0 aliphatic carbocycles. The van der Waals surface area contributed by atoms with E-state index < -0.39 is 0 Å². The van der Waals surface area contributed by atoms with E-state index in [1.54, 1.807) is 12.3 Å². The van der Waals surface area contributed by atoms with Crippen molar-refractivity contribution >= 4 is 51.4 Å². The van der Waals surface area contributed by atoms with Gasteiger partial charge in [-0.15, -0.1) is 0 Å². The van der Waals surface area contributed by atoms with E-state index in [0.717, 1.165) is 54.5 Å². The van der Waals surface area contributed by atoms with Crippen LogP contribution in [0.15, 0.2) is 42.6 Å². The minimum absolute atomic E-state index is 0.281. The van der Waals surface area contributed by atoms with Gasteiger partial charge in [0.1, 0.15) is 5.75 Å². The molecule has 3 aromatic rings. The molecular formula is C21H19Cl3N2O. The first-order valence-electron chi connectivity index (χ1n) is 8.98. The number of fused-ring (bicyclic) bond motifs is 1. The van der Waals surface area contributed by atoms with Crippen molar-refractivity contribution in [2.45, 2.75) is 19.3 Å². The Labute approximate surface area is 173 Å². The molecule has 1 saturated heterocycles. The predicted molar refractivity (Wildman–Crippen MR) is 114 cm³/mol. The summed E-state index contributed by atoms with van der Waals surface area (Å²) >= 11 is 18.4. The smallest absolute Gasteiger partial charge is 0.127 e. The summed E-state index contributed by atoms with van der Waals surface area (Å²) in [5, 5.41) is 12.6. The molecule has 140 valence electrons. The zero-order valence-electron chi connectivity index (χ0n) is 14.6. The third kappa shape index (κ3) is 3.82. The van der Waals surface area contributed by atoms with Crippen molar-refractivity contribution in [3.8, 4) is 5.75 Å². The van der Waals surface area contributed by atoms with Crippen molar-refractivity contribution in [2.24, 2.45) is 5.92 Å². The van der Waals surface area contributed by atoms with Gasteiger partial charge in [-0.2, -0.15) is 0 Å². The number of rotatable bonds is 3. The van der Waals surface area contributed by atoms with Crippen LogP contribution in [0.3, 0.4) is 0 Å². The van der Waals surface area contributed by atoms with Crippen molar-refractivity contribution < 1.29 is 5.11 Å². The summed E-state index contributed by atoms with van der Waals surface area (Å²) in [5.74, 6) is 0.847. The third-order valence-corrected chi connectivity index (χ3v) is 6.44. The maximum absolute atomic E-state index is 10.3. The number of aromatic hydroxyl groups is 1. The average molecular weight is 422 g/mol. The molecule has 1 fully saturated rings. The van der Waals surface area contributed by atoms with Gasteiger partial charge in [-0.1, -0.05) is 40.9 Å². The van der Waals surface area contributed by atoms with Crippen molar-refractivity contribution in [1.29, 1.82) is 0 Å². The lowest BCUT2D eigenvalue weighted by atomic mass is 9.90. The number of hydrogen-bond acceptors (Lipinski definition) is 3. The van der Waals surface area contributed by atoms with Crippen LogP contribution in [0.1, 0.15) is 18.4 Å². The van der Waals surface area contributed by atoms with Crippen LogP contribution < -0.4 is 4.90 Å². The Balaban J connectivity index is 1.49. The number of pyridine rings is 1. The van der Waals surface area contributed by atoms with E-state index in [1.165, 1.54) is 0 Å². The van der Waals surface area contributed by atoms with Crippen LogP contribution in [-0.2, 0) is 6.42 Å². The lowest BCUT2D eigenvalue weighted by Crippen LogP contribution is -2.34. The number of aromatic nitrogens is 1. The number of phenols is 1. The molecule has 2 heterocycles. The second-order valence-corrected chi connectivity index (χ2v) is 8.20. The van der Waals surface area contributed by atoms with Crippen LogP contribution in [0.5, 0.6) is 5.75 Å². The second-order valence-electron chi connectivity index (χ2n) is 7.01. The number of hydrogen-bond donors (Lipinski definition) is 1. The molecule has 1 N–H and O–H groups in total. The van der Waals surface area contributed by atoms with Crippen LogP contribution in [0, 0.1) is 5.92 Å². The Bertz CT molecular complexity index is 956. The van der Waals surface area contributed by atoms with Crippen LogP contribution in [0.25, 0.3) is 10.9 Å². The van der Waals surface area contributed by atoms with Gasteiger partial charge in [0.05, 0.1) is 31.7 Å². The molecule has 0 bridgehead atoms. The number of anilines is 1. The lowest BCUT2D eigenvalue weighted by molar-refractivity contribution is 0.404. The molecule has 0 radical (unpaired) electrons. The topological polar surface area (TPSA) is 36.4 Å². The van der Waals surface area contributed by atoms with Crippen molar-refractivity contribution in [3.63, 3.8) is 0 Å². The molecule has 4 rings (SSSR count). The number of phenolic OH excluding ortho intramolecular Hbond substituents is 1. The standard InChI is InChI=1S/C21H19Cl3N2O/c22-15-11-14(12-16(23)21(15)24)10-13-5-8-26(9-6-13)18-4-7-25-17-2-1-3-19(27)20(17)18/h1-4,7,11-13,27H,5-6,8-10H2. The van der Waals surface area contributed by atoms with Gasteiger partial charge < -0.3 is 10.0 Å². The van der Waals surface area contributed by atoms with Crippen LogP contribution in [0.4, 0.5) is 5.69 Å². The first kappa shape index (κ1) is 18.7. The largest absolute Gasteiger partial charge is 0.507 e. The maximum atomic E-state index is 10.3. The summed E-state index contributed by atoms with van der Waals surface area (Å²) in [4.78, 5) is 6.70. The normalized spacial score (nSPS) is 15.4. The van der Waals surface area contributed by atoms with Gasteiger partial charge in [0.25, 0.3) is 0 Å². The molecule has 2 aromatic carbocycles. The minimum atomic E-state index is 0.281. The average Bonchev–Trinajstić information content (AvgIpc) is 2.66. The molecule has 1 aliphatic heterocycles. The Hall–Kier alpha value is -1.68. The summed E-state index contributed by atoms with van der Waals surface area (Å²) in [6, 6.07) is 11.3. The second kappa shape index (κ2) is 7.75. The van der Waals surface area contributed by atoms with Crippen molar-refractivity contribution in [1.82, 2.24) is 4.98 Å². The van der Waals surface area contributed by atoms with E-state index in [1.807, 2.05) is 30.3 Å². The van der Waals surface area contributed by atoms with Gasteiger partial charge in [-0.25, -0.2) is 0 Å². The maximum Gasteiger partial charge on any atom is 0.127 e. The fourth-order valence-electron chi connectivity index (χ4n) is 3.87. The Morgan fingerprint density at radius 1 is 1.04 bits per heavy atom. The van der Waals surface area contributed by atoms with Crippen LogP contribution in [0.2, 0.25) is 15.1 Å². The molecule has 0 saturated carbocycles. The zero-order valence-corrected chi connectivity index (χ0v) is 16.9. The molecule has 27 heavy (non-hydrogen) atoms. The quantitative estimate of drug-likeness (QED) is 0.500. The summed E-state index contributed by atoms with van der Waals surface area (Å²) in [6.45, 7) is 1.88. The summed E-state index contributed by atoms with van der Waals surface area (Å²) in [7, 11) is 0. The van der Waals surface area contributed by atoms with Gasteiger partial charge in [-0.3, -0.25) is 4.98 Å². The van der Waals surface area contributed by atoms with E-state index in [-0.39, 0.29) is 5.75 Å². The highest BCUT2D eigenvalue weighted by molar-refractivity contribution is 6.48. The molecule has 0 atom stereocenters. The SMILES string of the molecule is Oc1cccc2nccc(N3CCC(Cc4cc(Cl)c(Cl)c(Cl)c4)CC3)c12. The van der Waals surface area contributed by atoms with Crippen molar-refractivity contribution in [2.75, 3.05) is 18.0 Å². The summed E-state index contributed by atoms with van der Waals surface area (Å²) in [6.07, 6.45) is 4.87. The Morgan fingerprint density at radius 3 is 2.44 bits per heavy atom. The minimum Gasteiger partial charge on any atom is -0.507 e. The fraction of sp³-hybridized carbons (Fsp3) is 0.286. The van der Waals surface area contributed by atoms with Gasteiger partial charge in [0.2, 0.25) is 0 Å². The zero-order chi connectivity index (χ0) is 19.0. The number of benzene rings is 2. The first-order chi connectivity index (χ1) is 13.0. The first-order valence-corrected chi connectivity index (χ1v) is 10.1. The highest BCUT2D eigenvalue weighted by atomic mass is 35.5. The van der Waals surface area contributed by atoms with Gasteiger partial charge in [0, 0.05) is 19.3 Å². The molecule has 1 aromatic heterocycles. The van der Waals surface area contributed by atoms with Crippen LogP contribution in [-0.4, -0.2) is 23.2 Å². The monoisotopic (exact) mass is 420 g/mol. The van der Waals surface area contributed by atoms with Crippen molar-refractivity contribution in [3.05, 3.63) is 63.2 Å². The molecule has 1 aliphatic rings. The van der Waals surface area contributed by atoms with E-state index in [4.69, 9.17) is 34.8 Å². The summed E-state index contributed by atoms with van der Waals surface area (Å²) < 4.78 is 0. The van der Waals surface area contributed by atoms with Gasteiger partial charge in [-0.05, 0) is 61.1 Å². The van der Waals surface area contributed by atoms with E-state index in [0.29, 0.717) is 21.0 Å². The molecule has 3 nitrogen and oxygen atoms in total. The predicted octanol–water partition coefficient (Wildman–Crippen LogP) is 6.36. The highest BCUT2D eigenvalue weighted by Crippen LogP contribution is 2.36. The third-order valence-electron chi connectivity index (χ3n) is 5.25. The fourth-order valence-corrected chi connectivity index (χ4v) is 4.51. The molecule has 6 heteroatoms. The van der Waals surface area contributed by atoms with Crippen LogP contribution >= 0.6 is 34.8 Å². The van der Waals surface area contributed by atoms with Gasteiger partial charge >= 0.3 is 0 Å². The molecule has 0 spiro atoms. The number of piperidine rings is 1. The Kier molecular flexibility index (Phi) is 5.36. The number of halogens is 3. The highest BCUT2D eigenvalue weighted by Gasteiger charge is 2.22.